The van der Waals surface area contributed by atoms with Crippen molar-refractivity contribution >= 4 is 23.2 Å². The summed E-state index contributed by atoms with van der Waals surface area (Å²) < 4.78 is 0. The van der Waals surface area contributed by atoms with Crippen molar-refractivity contribution < 1.29 is 0 Å². The van der Waals surface area contributed by atoms with Crippen LogP contribution in [0.25, 0.3) is 0 Å². The fourth-order valence-corrected chi connectivity index (χ4v) is 3.70. The zero-order valence-corrected chi connectivity index (χ0v) is 13.4. The van der Waals surface area contributed by atoms with E-state index >= 15 is 0 Å². The van der Waals surface area contributed by atoms with Crippen LogP contribution >= 0.6 is 23.2 Å². The zero-order valence-electron chi connectivity index (χ0n) is 11.9. The van der Waals surface area contributed by atoms with Crippen molar-refractivity contribution in [1.82, 2.24) is 9.88 Å². The molecule has 0 bridgehead atoms. The van der Waals surface area contributed by atoms with Crippen molar-refractivity contribution in [3.8, 4) is 0 Å². The van der Waals surface area contributed by atoms with Crippen LogP contribution in [0.3, 0.4) is 0 Å². The van der Waals surface area contributed by atoms with Gasteiger partial charge in [0.25, 0.3) is 0 Å². The topological polar surface area (TPSA) is 16.1 Å². The number of nitrogens with zero attached hydrogens (tertiary/aromatic N) is 2. The predicted octanol–water partition coefficient (Wildman–Crippen LogP) is 4.30. The Kier molecular flexibility index (Phi) is 4.75. The second-order valence-electron chi connectivity index (χ2n) is 6.53. The lowest BCUT2D eigenvalue weighted by atomic mass is 9.64. The van der Waals surface area contributed by atoms with Crippen LogP contribution in [0, 0.1) is 11.3 Å². The van der Waals surface area contributed by atoms with E-state index in [1.807, 2.05) is 0 Å². The highest BCUT2D eigenvalue weighted by molar-refractivity contribution is 6.35. The predicted molar refractivity (Wildman–Crippen MR) is 82.0 cm³/mol. The molecule has 0 amide bonds. The highest BCUT2D eigenvalue weighted by Gasteiger charge is 2.36. The molecule has 0 aliphatic heterocycles. The second-order valence-corrected chi connectivity index (χ2v) is 7.35. The summed E-state index contributed by atoms with van der Waals surface area (Å²) in [4.78, 5) is 6.36. The van der Waals surface area contributed by atoms with E-state index < -0.39 is 0 Å². The largest absolute Gasteiger partial charge is 0.306 e. The van der Waals surface area contributed by atoms with Gasteiger partial charge in [-0.05, 0) is 43.2 Å². The first-order chi connectivity index (χ1) is 8.87. The Bertz CT molecular complexity index is 418. The van der Waals surface area contributed by atoms with Crippen LogP contribution < -0.4 is 0 Å². The number of rotatable bonds is 5. The Morgan fingerprint density at radius 1 is 1.26 bits per heavy atom. The van der Waals surface area contributed by atoms with Crippen molar-refractivity contribution in [2.75, 3.05) is 20.1 Å². The monoisotopic (exact) mass is 300 g/mol. The Morgan fingerprint density at radius 3 is 2.37 bits per heavy atom. The molecule has 0 N–H and O–H groups in total. The van der Waals surface area contributed by atoms with Gasteiger partial charge >= 0.3 is 0 Å². The third-order valence-corrected chi connectivity index (χ3v) is 4.60. The van der Waals surface area contributed by atoms with Crippen molar-refractivity contribution in [1.29, 1.82) is 0 Å². The number of halogens is 2. The summed E-state index contributed by atoms with van der Waals surface area (Å²) in [5.74, 6) is 0.850. The van der Waals surface area contributed by atoms with Crippen LogP contribution in [0.1, 0.15) is 32.3 Å². The summed E-state index contributed by atoms with van der Waals surface area (Å²) in [5, 5.41) is 1.34. The lowest BCUT2D eigenvalue weighted by Gasteiger charge is -2.44. The van der Waals surface area contributed by atoms with Crippen LogP contribution in [-0.4, -0.2) is 30.0 Å². The number of pyridine rings is 1. The average Bonchev–Trinajstić information content (AvgIpc) is 2.25. The highest BCUT2D eigenvalue weighted by atomic mass is 35.5. The van der Waals surface area contributed by atoms with Gasteiger partial charge in [-0.15, -0.1) is 0 Å². The third kappa shape index (κ3) is 4.08. The Labute approximate surface area is 126 Å². The normalized spacial score (nSPS) is 18.6. The second kappa shape index (κ2) is 5.99. The van der Waals surface area contributed by atoms with Gasteiger partial charge < -0.3 is 4.90 Å². The molecule has 1 aliphatic carbocycles. The van der Waals surface area contributed by atoms with Crippen molar-refractivity contribution in [3.05, 3.63) is 28.0 Å². The molecule has 4 heteroatoms. The maximum Gasteiger partial charge on any atom is 0.0636 e. The molecule has 0 unspecified atom stereocenters. The molecular formula is C15H22Cl2N2. The van der Waals surface area contributed by atoms with Crippen LogP contribution in [0.2, 0.25) is 10.0 Å². The maximum absolute atomic E-state index is 6.13. The van der Waals surface area contributed by atoms with E-state index in [1.54, 1.807) is 12.4 Å². The highest BCUT2D eigenvalue weighted by Crippen LogP contribution is 2.44. The molecule has 1 aromatic rings. The van der Waals surface area contributed by atoms with E-state index in [-0.39, 0.29) is 0 Å². The number of hydrogen-bond acceptors (Lipinski definition) is 2. The van der Waals surface area contributed by atoms with Gasteiger partial charge in [-0.2, -0.15) is 0 Å². The van der Waals surface area contributed by atoms with Crippen LogP contribution in [0.5, 0.6) is 0 Å². The molecule has 19 heavy (non-hydrogen) atoms. The summed E-state index contributed by atoms with van der Waals surface area (Å²) in [7, 11) is 2.17. The lowest BCUT2D eigenvalue weighted by molar-refractivity contribution is 0.0686. The minimum absolute atomic E-state index is 0.559. The van der Waals surface area contributed by atoms with Gasteiger partial charge in [-0.25, -0.2) is 0 Å². The molecule has 1 saturated carbocycles. The molecule has 0 radical (unpaired) electrons. The van der Waals surface area contributed by atoms with E-state index in [4.69, 9.17) is 23.2 Å². The first-order valence-corrected chi connectivity index (χ1v) is 7.59. The maximum atomic E-state index is 6.13. The first kappa shape index (κ1) is 15.1. The number of hydrogen-bond donors (Lipinski definition) is 0. The fraction of sp³-hybridized carbons (Fsp3) is 0.667. The SMILES string of the molecule is CN(CCc1c(Cl)cncc1Cl)CC1CC(C)(C)C1. The van der Waals surface area contributed by atoms with Gasteiger partial charge in [0, 0.05) is 25.5 Å². The van der Waals surface area contributed by atoms with Crippen LogP contribution in [0.15, 0.2) is 12.4 Å². The minimum Gasteiger partial charge on any atom is -0.306 e. The number of likely N-dealkylation sites (N-methyl/N-ethyl adjacent to an activating group) is 1. The van der Waals surface area contributed by atoms with Gasteiger partial charge in [-0.1, -0.05) is 37.0 Å². The minimum atomic E-state index is 0.559. The van der Waals surface area contributed by atoms with Gasteiger partial charge in [0.1, 0.15) is 0 Å². The van der Waals surface area contributed by atoms with Crippen LogP contribution in [-0.2, 0) is 6.42 Å². The van der Waals surface area contributed by atoms with E-state index in [0.717, 1.165) is 24.4 Å². The molecule has 0 aromatic carbocycles. The fourth-order valence-electron chi connectivity index (χ4n) is 3.14. The molecule has 0 atom stereocenters. The molecule has 2 nitrogen and oxygen atoms in total. The van der Waals surface area contributed by atoms with E-state index in [2.05, 4.69) is 30.8 Å². The summed E-state index contributed by atoms with van der Waals surface area (Å²) in [6.45, 7) is 6.85. The smallest absolute Gasteiger partial charge is 0.0636 e. The molecule has 106 valence electrons. The molecule has 0 saturated heterocycles. The summed E-state index contributed by atoms with van der Waals surface area (Å²) in [6, 6.07) is 0. The molecule has 1 aliphatic rings. The Balaban J connectivity index is 1.79. The first-order valence-electron chi connectivity index (χ1n) is 6.84. The van der Waals surface area contributed by atoms with Crippen molar-refractivity contribution in [2.24, 2.45) is 11.3 Å². The summed E-state index contributed by atoms with van der Waals surface area (Å²) in [5.41, 5.74) is 1.57. The van der Waals surface area contributed by atoms with Gasteiger partial charge in [0.05, 0.1) is 10.0 Å². The Hall–Kier alpha value is -0.310. The van der Waals surface area contributed by atoms with Crippen LogP contribution in [0.4, 0.5) is 0 Å². The molecule has 1 fully saturated rings. The van der Waals surface area contributed by atoms with Gasteiger partial charge in [0.2, 0.25) is 0 Å². The molecule has 1 aromatic heterocycles. The van der Waals surface area contributed by atoms with E-state index in [1.165, 1.54) is 19.4 Å². The molecular weight excluding hydrogens is 279 g/mol. The molecule has 1 heterocycles. The Morgan fingerprint density at radius 2 is 1.84 bits per heavy atom. The van der Waals surface area contributed by atoms with Gasteiger partial charge in [-0.3, -0.25) is 4.98 Å². The molecule has 0 spiro atoms. The quantitative estimate of drug-likeness (QED) is 0.806. The zero-order chi connectivity index (χ0) is 14.0. The van der Waals surface area contributed by atoms with Crippen molar-refractivity contribution in [2.45, 2.75) is 33.1 Å². The lowest BCUT2D eigenvalue weighted by Crippen LogP contribution is -2.39. The van der Waals surface area contributed by atoms with E-state index in [0.29, 0.717) is 15.5 Å². The summed E-state index contributed by atoms with van der Waals surface area (Å²) >= 11 is 12.3. The van der Waals surface area contributed by atoms with Gasteiger partial charge in [0.15, 0.2) is 0 Å². The average molecular weight is 301 g/mol. The molecule has 2 rings (SSSR count). The van der Waals surface area contributed by atoms with Crippen molar-refractivity contribution in [3.63, 3.8) is 0 Å². The van der Waals surface area contributed by atoms with E-state index in [9.17, 15) is 0 Å². The standard InChI is InChI=1S/C15H22Cl2N2/c1-15(2)6-11(7-15)10-19(3)5-4-12-13(16)8-18-9-14(12)17/h8-9,11H,4-7,10H2,1-3H3. The third-order valence-electron chi connectivity index (χ3n) is 3.95. The number of aromatic nitrogens is 1. The summed E-state index contributed by atoms with van der Waals surface area (Å²) in [6.07, 6.45) is 6.89.